The summed E-state index contributed by atoms with van der Waals surface area (Å²) >= 11 is 0. The van der Waals surface area contributed by atoms with Gasteiger partial charge < -0.3 is 19.9 Å². The van der Waals surface area contributed by atoms with Crippen molar-refractivity contribution in [1.29, 1.82) is 0 Å². The van der Waals surface area contributed by atoms with Gasteiger partial charge in [-0.2, -0.15) is 0 Å². The number of hydrogen-bond donors (Lipinski definition) is 1. The van der Waals surface area contributed by atoms with Crippen LogP contribution in [-0.4, -0.2) is 62.3 Å². The molecule has 1 saturated heterocycles. The van der Waals surface area contributed by atoms with E-state index in [4.69, 9.17) is 4.74 Å². The maximum Gasteiger partial charge on any atom is 0.317 e. The largest absolute Gasteiger partial charge is 0.378 e. The zero-order chi connectivity index (χ0) is 22.1. The minimum absolute atomic E-state index is 0.0607. The van der Waals surface area contributed by atoms with Crippen molar-refractivity contribution in [3.8, 4) is 0 Å². The first-order valence-electron chi connectivity index (χ1n) is 11.3. The van der Waals surface area contributed by atoms with Gasteiger partial charge in [-0.05, 0) is 35.8 Å². The Morgan fingerprint density at radius 1 is 0.935 bits per heavy atom. The van der Waals surface area contributed by atoms with Crippen LogP contribution in [0.3, 0.4) is 0 Å². The molecule has 1 N–H and O–H groups in total. The van der Waals surface area contributed by atoms with Crippen molar-refractivity contribution in [2.75, 3.05) is 51.3 Å². The van der Waals surface area contributed by atoms with Crippen LogP contribution in [0.1, 0.15) is 30.5 Å². The van der Waals surface area contributed by atoms with E-state index >= 15 is 0 Å². The van der Waals surface area contributed by atoms with E-state index in [1.807, 2.05) is 19.2 Å². The Hall–Kier alpha value is -2.57. The molecule has 1 heterocycles. The first kappa shape index (κ1) is 23.1. The fraction of sp³-hybridized carbons (Fsp3) is 0.480. The van der Waals surface area contributed by atoms with Crippen molar-refractivity contribution in [1.82, 2.24) is 15.1 Å². The van der Waals surface area contributed by atoms with Gasteiger partial charge in [0.2, 0.25) is 0 Å². The molecule has 1 aliphatic heterocycles. The Balaban J connectivity index is 1.60. The first-order chi connectivity index (χ1) is 15.1. The number of carbonyl (C=O) groups excluding carboxylic acids is 1. The molecular formula is C25H36N4O2. The third-order valence-electron chi connectivity index (χ3n) is 5.93. The summed E-state index contributed by atoms with van der Waals surface area (Å²) in [6.07, 6.45) is 0. The van der Waals surface area contributed by atoms with Crippen LogP contribution in [0.25, 0.3) is 0 Å². The molecule has 0 aromatic heterocycles. The summed E-state index contributed by atoms with van der Waals surface area (Å²) in [7, 11) is 1.85. The monoisotopic (exact) mass is 424 g/mol. The van der Waals surface area contributed by atoms with Crippen LogP contribution in [0, 0.1) is 0 Å². The number of nitrogens with zero attached hydrogens (tertiary/aromatic N) is 3. The number of rotatable bonds is 9. The Kier molecular flexibility index (Phi) is 8.74. The van der Waals surface area contributed by atoms with E-state index in [1.54, 1.807) is 4.90 Å². The molecule has 3 rings (SSSR count). The topological polar surface area (TPSA) is 48.1 Å². The van der Waals surface area contributed by atoms with Crippen LogP contribution >= 0.6 is 0 Å². The maximum absolute atomic E-state index is 12.8. The fourth-order valence-electron chi connectivity index (χ4n) is 3.96. The lowest BCUT2D eigenvalue weighted by Crippen LogP contribution is -2.39. The highest BCUT2D eigenvalue weighted by Crippen LogP contribution is 2.22. The Bertz CT molecular complexity index is 832. The molecule has 1 fully saturated rings. The zero-order valence-corrected chi connectivity index (χ0v) is 19.1. The predicted octanol–water partition coefficient (Wildman–Crippen LogP) is 3.71. The minimum Gasteiger partial charge on any atom is -0.378 e. The molecule has 2 aromatic rings. The summed E-state index contributed by atoms with van der Waals surface area (Å²) in [5.74, 6) is 0. The van der Waals surface area contributed by atoms with E-state index in [-0.39, 0.29) is 6.03 Å². The Morgan fingerprint density at radius 2 is 1.55 bits per heavy atom. The van der Waals surface area contributed by atoms with Crippen molar-refractivity contribution in [3.05, 3.63) is 65.2 Å². The molecular weight excluding hydrogens is 388 g/mol. The number of carbonyl (C=O) groups is 1. The second-order valence-electron chi connectivity index (χ2n) is 7.97. The van der Waals surface area contributed by atoms with Gasteiger partial charge in [0, 0.05) is 45.5 Å². The molecule has 0 radical (unpaired) electrons. The summed E-state index contributed by atoms with van der Waals surface area (Å²) in [6, 6.07) is 16.6. The molecule has 31 heavy (non-hydrogen) atoms. The summed E-state index contributed by atoms with van der Waals surface area (Å²) in [6.45, 7) is 11.7. The third kappa shape index (κ3) is 6.45. The summed E-state index contributed by atoms with van der Waals surface area (Å²) < 4.78 is 5.48. The number of hydrogen-bond acceptors (Lipinski definition) is 4. The number of anilines is 1. The van der Waals surface area contributed by atoms with Gasteiger partial charge in [0.15, 0.2) is 0 Å². The second kappa shape index (κ2) is 11.7. The van der Waals surface area contributed by atoms with Gasteiger partial charge in [-0.1, -0.05) is 56.3 Å². The molecule has 0 aliphatic carbocycles. The van der Waals surface area contributed by atoms with E-state index in [0.29, 0.717) is 13.1 Å². The molecule has 0 saturated carbocycles. The van der Waals surface area contributed by atoms with E-state index in [9.17, 15) is 4.79 Å². The molecule has 1 aliphatic rings. The predicted molar refractivity (Wildman–Crippen MR) is 126 cm³/mol. The quantitative estimate of drug-likeness (QED) is 0.667. The highest BCUT2D eigenvalue weighted by atomic mass is 16.5. The van der Waals surface area contributed by atoms with Crippen LogP contribution in [-0.2, 0) is 24.4 Å². The number of para-hydroxylation sites is 1. The SMILES string of the molecule is CCN(CC)Cc1ccccc1CNC(=O)N(C)Cc1ccccc1N1CCOCC1. The zero-order valence-electron chi connectivity index (χ0n) is 19.1. The van der Waals surface area contributed by atoms with Gasteiger partial charge in [-0.25, -0.2) is 4.79 Å². The highest BCUT2D eigenvalue weighted by molar-refractivity contribution is 5.74. The Labute approximate surface area is 186 Å². The van der Waals surface area contributed by atoms with Crippen LogP contribution in [0.15, 0.2) is 48.5 Å². The number of ether oxygens (including phenoxy) is 1. The van der Waals surface area contributed by atoms with Gasteiger partial charge in [-0.3, -0.25) is 4.90 Å². The lowest BCUT2D eigenvalue weighted by atomic mass is 10.1. The molecule has 6 heteroatoms. The number of urea groups is 1. The molecule has 6 nitrogen and oxygen atoms in total. The fourth-order valence-corrected chi connectivity index (χ4v) is 3.96. The second-order valence-corrected chi connectivity index (χ2v) is 7.97. The maximum atomic E-state index is 12.8. The van der Waals surface area contributed by atoms with E-state index in [1.165, 1.54) is 16.8 Å². The average molecular weight is 425 g/mol. The normalized spacial score (nSPS) is 14.0. The molecule has 0 atom stereocenters. The minimum atomic E-state index is -0.0607. The van der Waals surface area contributed by atoms with Crippen LogP contribution in [0.2, 0.25) is 0 Å². The third-order valence-corrected chi connectivity index (χ3v) is 5.93. The smallest absolute Gasteiger partial charge is 0.317 e. The van der Waals surface area contributed by atoms with Crippen molar-refractivity contribution < 1.29 is 9.53 Å². The van der Waals surface area contributed by atoms with Crippen LogP contribution < -0.4 is 10.2 Å². The van der Waals surface area contributed by atoms with Crippen LogP contribution in [0.4, 0.5) is 10.5 Å². The molecule has 168 valence electrons. The van der Waals surface area contributed by atoms with E-state index < -0.39 is 0 Å². The average Bonchev–Trinajstić information content (AvgIpc) is 2.82. The van der Waals surface area contributed by atoms with Crippen molar-refractivity contribution in [2.45, 2.75) is 33.5 Å². The number of amides is 2. The molecule has 0 spiro atoms. The number of morpholine rings is 1. The van der Waals surface area contributed by atoms with Gasteiger partial charge in [0.1, 0.15) is 0 Å². The van der Waals surface area contributed by atoms with Gasteiger partial charge in [0.05, 0.1) is 13.2 Å². The molecule has 2 aromatic carbocycles. The lowest BCUT2D eigenvalue weighted by molar-refractivity contribution is 0.122. The molecule has 0 unspecified atom stereocenters. The summed E-state index contributed by atoms with van der Waals surface area (Å²) in [5.41, 5.74) is 4.79. The molecule has 2 amide bonds. The van der Waals surface area contributed by atoms with E-state index in [2.05, 4.69) is 65.4 Å². The summed E-state index contributed by atoms with van der Waals surface area (Å²) in [4.78, 5) is 19.3. The van der Waals surface area contributed by atoms with Crippen LogP contribution in [0.5, 0.6) is 0 Å². The van der Waals surface area contributed by atoms with Crippen molar-refractivity contribution >= 4 is 11.7 Å². The van der Waals surface area contributed by atoms with Gasteiger partial charge in [0.25, 0.3) is 0 Å². The standard InChI is InChI=1S/C25H36N4O2/c1-4-28(5-2)20-22-11-7-6-10-21(22)18-26-25(30)27(3)19-23-12-8-9-13-24(23)29-14-16-31-17-15-29/h6-13H,4-5,14-20H2,1-3H3,(H,26,30). The van der Waals surface area contributed by atoms with E-state index in [0.717, 1.165) is 51.5 Å². The van der Waals surface area contributed by atoms with Gasteiger partial charge in [-0.15, -0.1) is 0 Å². The molecule has 0 bridgehead atoms. The Morgan fingerprint density at radius 3 is 2.23 bits per heavy atom. The lowest BCUT2D eigenvalue weighted by Gasteiger charge is -2.31. The van der Waals surface area contributed by atoms with Gasteiger partial charge >= 0.3 is 6.03 Å². The van der Waals surface area contributed by atoms with Crippen molar-refractivity contribution in [3.63, 3.8) is 0 Å². The summed E-state index contributed by atoms with van der Waals surface area (Å²) in [5, 5.41) is 3.10. The van der Waals surface area contributed by atoms with Crippen molar-refractivity contribution in [2.24, 2.45) is 0 Å². The number of nitrogens with one attached hydrogen (secondary N) is 1. The highest BCUT2D eigenvalue weighted by Gasteiger charge is 2.17. The number of benzene rings is 2. The first-order valence-corrected chi connectivity index (χ1v) is 11.3.